The summed E-state index contributed by atoms with van der Waals surface area (Å²) in [6.45, 7) is 3.51. The topological polar surface area (TPSA) is 49.8 Å². The molecule has 28 heavy (non-hydrogen) atoms. The zero-order chi connectivity index (χ0) is 19.7. The van der Waals surface area contributed by atoms with Gasteiger partial charge in [-0.15, -0.1) is 0 Å². The van der Waals surface area contributed by atoms with Crippen molar-refractivity contribution in [3.05, 3.63) is 64.7 Å². The summed E-state index contributed by atoms with van der Waals surface area (Å²) in [6.07, 6.45) is 1.46. The summed E-state index contributed by atoms with van der Waals surface area (Å²) < 4.78 is 6.04. The van der Waals surface area contributed by atoms with Crippen molar-refractivity contribution in [1.29, 1.82) is 0 Å². The van der Waals surface area contributed by atoms with E-state index in [1.165, 1.54) is 0 Å². The van der Waals surface area contributed by atoms with Crippen molar-refractivity contribution in [2.45, 2.75) is 38.4 Å². The number of benzene rings is 2. The standard InChI is InChI=1S/C23H26ClNO3/c1-2-15-6-3-4-9-20(15)23(27)25-13-16-10-21(26)22(11-17(16)14-25)28-19-8-5-7-18(24)12-19/h3-9,12,16-17,21-22,26H,2,10-11,13-14H2,1H3/t16-,17+,21+,22+/m0/s1. The molecular weight excluding hydrogens is 374 g/mol. The third-order valence-electron chi connectivity index (χ3n) is 6.08. The Morgan fingerprint density at radius 2 is 1.89 bits per heavy atom. The van der Waals surface area contributed by atoms with E-state index >= 15 is 0 Å². The molecule has 1 saturated carbocycles. The largest absolute Gasteiger partial charge is 0.488 e. The Morgan fingerprint density at radius 1 is 1.14 bits per heavy atom. The van der Waals surface area contributed by atoms with Gasteiger partial charge in [0.1, 0.15) is 11.9 Å². The van der Waals surface area contributed by atoms with Crippen LogP contribution in [0, 0.1) is 11.8 Å². The van der Waals surface area contributed by atoms with Gasteiger partial charge in [-0.25, -0.2) is 0 Å². The minimum absolute atomic E-state index is 0.105. The van der Waals surface area contributed by atoms with Gasteiger partial charge in [0.05, 0.1) is 6.10 Å². The van der Waals surface area contributed by atoms with Gasteiger partial charge in [0.25, 0.3) is 5.91 Å². The first-order valence-corrected chi connectivity index (χ1v) is 10.4. The lowest BCUT2D eigenvalue weighted by atomic mass is 9.78. The molecule has 0 spiro atoms. The summed E-state index contributed by atoms with van der Waals surface area (Å²) in [6, 6.07) is 15.1. The summed E-state index contributed by atoms with van der Waals surface area (Å²) in [5.41, 5.74) is 1.89. The number of hydrogen-bond donors (Lipinski definition) is 1. The third kappa shape index (κ3) is 3.89. The maximum atomic E-state index is 13.1. The minimum atomic E-state index is -0.529. The molecule has 2 aromatic rings. The van der Waals surface area contributed by atoms with Gasteiger partial charge >= 0.3 is 0 Å². The molecule has 1 N–H and O–H groups in total. The molecule has 0 unspecified atom stereocenters. The smallest absolute Gasteiger partial charge is 0.254 e. The van der Waals surface area contributed by atoms with Crippen LogP contribution < -0.4 is 4.74 Å². The molecule has 4 rings (SSSR count). The van der Waals surface area contributed by atoms with E-state index in [0.717, 1.165) is 30.5 Å². The Labute approximate surface area is 171 Å². The van der Waals surface area contributed by atoms with Crippen LogP contribution in [0.4, 0.5) is 0 Å². The highest BCUT2D eigenvalue weighted by atomic mass is 35.5. The number of rotatable bonds is 4. The van der Waals surface area contributed by atoms with Crippen LogP contribution in [0.25, 0.3) is 0 Å². The zero-order valence-electron chi connectivity index (χ0n) is 16.1. The van der Waals surface area contributed by atoms with Crippen LogP contribution in [0.3, 0.4) is 0 Å². The van der Waals surface area contributed by atoms with E-state index in [1.54, 1.807) is 12.1 Å². The number of ether oxygens (including phenoxy) is 1. The van der Waals surface area contributed by atoms with E-state index in [2.05, 4.69) is 6.92 Å². The Hall–Kier alpha value is -2.04. The van der Waals surface area contributed by atoms with E-state index in [1.807, 2.05) is 41.3 Å². The second kappa shape index (κ2) is 8.14. The fourth-order valence-electron chi connectivity index (χ4n) is 4.61. The van der Waals surface area contributed by atoms with E-state index < -0.39 is 6.10 Å². The number of aryl methyl sites for hydroxylation is 1. The van der Waals surface area contributed by atoms with Crippen molar-refractivity contribution in [3.8, 4) is 5.75 Å². The first-order chi connectivity index (χ1) is 13.5. The average molecular weight is 400 g/mol. The second-order valence-corrected chi connectivity index (χ2v) is 8.33. The van der Waals surface area contributed by atoms with E-state index in [0.29, 0.717) is 35.6 Å². The van der Waals surface area contributed by atoms with Gasteiger partial charge in [0.2, 0.25) is 0 Å². The predicted octanol–water partition coefficient (Wildman–Crippen LogP) is 4.19. The first kappa shape index (κ1) is 19.3. The van der Waals surface area contributed by atoms with Crippen molar-refractivity contribution >= 4 is 17.5 Å². The highest BCUT2D eigenvalue weighted by Crippen LogP contribution is 2.38. The van der Waals surface area contributed by atoms with E-state index in [9.17, 15) is 9.90 Å². The monoisotopic (exact) mass is 399 g/mol. The molecule has 148 valence electrons. The van der Waals surface area contributed by atoms with Crippen molar-refractivity contribution < 1.29 is 14.6 Å². The fourth-order valence-corrected chi connectivity index (χ4v) is 4.79. The lowest BCUT2D eigenvalue weighted by Crippen LogP contribution is -2.42. The van der Waals surface area contributed by atoms with Crippen LogP contribution in [0.2, 0.25) is 5.02 Å². The van der Waals surface area contributed by atoms with Gasteiger partial charge in [-0.1, -0.05) is 42.8 Å². The van der Waals surface area contributed by atoms with Crippen LogP contribution >= 0.6 is 11.6 Å². The van der Waals surface area contributed by atoms with Crippen molar-refractivity contribution in [2.75, 3.05) is 13.1 Å². The number of amides is 1. The van der Waals surface area contributed by atoms with Gasteiger partial charge in [-0.2, -0.15) is 0 Å². The molecule has 0 bridgehead atoms. The second-order valence-electron chi connectivity index (χ2n) is 7.89. The summed E-state index contributed by atoms with van der Waals surface area (Å²) in [4.78, 5) is 15.0. The summed E-state index contributed by atoms with van der Waals surface area (Å²) >= 11 is 6.04. The number of aliphatic hydroxyl groups is 1. The molecule has 4 nitrogen and oxygen atoms in total. The summed E-state index contributed by atoms with van der Waals surface area (Å²) in [7, 11) is 0. The zero-order valence-corrected chi connectivity index (χ0v) is 16.8. The fraction of sp³-hybridized carbons (Fsp3) is 0.435. The number of carbonyl (C=O) groups is 1. The number of aliphatic hydroxyl groups excluding tert-OH is 1. The number of likely N-dealkylation sites (tertiary alicyclic amines) is 1. The summed E-state index contributed by atoms with van der Waals surface area (Å²) in [5, 5.41) is 11.2. The minimum Gasteiger partial charge on any atom is -0.488 e. The quantitative estimate of drug-likeness (QED) is 0.838. The van der Waals surface area contributed by atoms with Crippen molar-refractivity contribution in [1.82, 2.24) is 4.90 Å². The van der Waals surface area contributed by atoms with E-state index in [-0.39, 0.29) is 12.0 Å². The molecule has 4 atom stereocenters. The van der Waals surface area contributed by atoms with Crippen molar-refractivity contribution in [3.63, 3.8) is 0 Å². The summed E-state index contributed by atoms with van der Waals surface area (Å²) in [5.74, 6) is 1.46. The number of halogens is 1. The lowest BCUT2D eigenvalue weighted by molar-refractivity contribution is -0.0231. The Kier molecular flexibility index (Phi) is 5.61. The number of nitrogens with zero attached hydrogens (tertiary/aromatic N) is 1. The molecule has 0 aromatic heterocycles. The molecule has 2 aliphatic rings. The van der Waals surface area contributed by atoms with Gasteiger partial charge in [0, 0.05) is 23.7 Å². The van der Waals surface area contributed by atoms with Gasteiger partial charge in [-0.3, -0.25) is 4.79 Å². The lowest BCUT2D eigenvalue weighted by Gasteiger charge is -2.35. The molecule has 1 aliphatic carbocycles. The highest BCUT2D eigenvalue weighted by Gasteiger charge is 2.44. The van der Waals surface area contributed by atoms with Gasteiger partial charge in [0.15, 0.2) is 0 Å². The Bertz CT molecular complexity index is 855. The average Bonchev–Trinajstić information content (AvgIpc) is 3.10. The van der Waals surface area contributed by atoms with Crippen LogP contribution in [0.1, 0.15) is 35.7 Å². The first-order valence-electron chi connectivity index (χ1n) is 10.0. The molecule has 2 aromatic carbocycles. The molecule has 0 radical (unpaired) electrons. The SMILES string of the molecule is CCc1ccccc1C(=O)N1C[C@H]2C[C@@H](Oc3cccc(Cl)c3)[C@H](O)C[C@H]2C1. The van der Waals surface area contributed by atoms with Gasteiger partial charge in [-0.05, 0) is 60.9 Å². The van der Waals surface area contributed by atoms with Crippen LogP contribution in [-0.2, 0) is 6.42 Å². The number of carbonyl (C=O) groups excluding carboxylic acids is 1. The molecule has 1 aliphatic heterocycles. The van der Waals surface area contributed by atoms with Crippen LogP contribution in [-0.4, -0.2) is 41.2 Å². The molecule has 2 fully saturated rings. The maximum absolute atomic E-state index is 13.1. The number of fused-ring (bicyclic) bond motifs is 1. The van der Waals surface area contributed by atoms with E-state index in [4.69, 9.17) is 16.3 Å². The third-order valence-corrected chi connectivity index (χ3v) is 6.32. The van der Waals surface area contributed by atoms with Crippen LogP contribution in [0.5, 0.6) is 5.75 Å². The van der Waals surface area contributed by atoms with Crippen molar-refractivity contribution in [2.24, 2.45) is 11.8 Å². The highest BCUT2D eigenvalue weighted by molar-refractivity contribution is 6.30. The molecule has 1 amide bonds. The van der Waals surface area contributed by atoms with Gasteiger partial charge < -0.3 is 14.7 Å². The van der Waals surface area contributed by atoms with Crippen LogP contribution in [0.15, 0.2) is 48.5 Å². The Balaban J connectivity index is 1.44. The normalized spacial score (nSPS) is 26.8. The molecule has 5 heteroatoms. The Morgan fingerprint density at radius 3 is 2.64 bits per heavy atom. The molecular formula is C23H26ClNO3. The molecule has 1 saturated heterocycles. The maximum Gasteiger partial charge on any atom is 0.254 e. The molecule has 1 heterocycles. The predicted molar refractivity (Wildman–Crippen MR) is 110 cm³/mol. The number of hydrogen-bond acceptors (Lipinski definition) is 3.